The first-order valence-corrected chi connectivity index (χ1v) is 5.93. The maximum Gasteiger partial charge on any atom is 0.237 e. The van der Waals surface area contributed by atoms with Crippen LogP contribution >= 0.6 is 15.9 Å². The van der Waals surface area contributed by atoms with Crippen LogP contribution < -0.4 is 11.1 Å². The Labute approximate surface area is 116 Å². The van der Waals surface area contributed by atoms with Crippen LogP contribution in [-0.2, 0) is 4.79 Å². The van der Waals surface area contributed by atoms with Gasteiger partial charge in [0, 0.05) is 6.07 Å². The SMILES string of the molecule is CC(C)(C(=O)Nc1cc(F)c(Br)cc1F)/C(N)=N/O. The summed E-state index contributed by atoms with van der Waals surface area (Å²) >= 11 is 2.82. The van der Waals surface area contributed by atoms with E-state index in [2.05, 4.69) is 26.4 Å². The van der Waals surface area contributed by atoms with Gasteiger partial charge in [0.1, 0.15) is 17.0 Å². The van der Waals surface area contributed by atoms with Crippen LogP contribution in [0.15, 0.2) is 21.8 Å². The molecule has 0 aliphatic heterocycles. The van der Waals surface area contributed by atoms with Crippen LogP contribution in [0, 0.1) is 17.0 Å². The number of nitrogens with two attached hydrogens (primary N) is 1. The van der Waals surface area contributed by atoms with Crippen LogP contribution in [0.3, 0.4) is 0 Å². The molecule has 4 N–H and O–H groups in total. The molecule has 0 spiro atoms. The van der Waals surface area contributed by atoms with E-state index in [9.17, 15) is 13.6 Å². The molecule has 104 valence electrons. The van der Waals surface area contributed by atoms with Gasteiger partial charge < -0.3 is 16.3 Å². The lowest BCUT2D eigenvalue weighted by Crippen LogP contribution is -2.42. The van der Waals surface area contributed by atoms with Gasteiger partial charge in [0.05, 0.1) is 10.2 Å². The minimum absolute atomic E-state index is 0.0568. The Kier molecular flexibility index (Phi) is 4.46. The van der Waals surface area contributed by atoms with Crippen molar-refractivity contribution in [1.82, 2.24) is 0 Å². The van der Waals surface area contributed by atoms with Crippen molar-refractivity contribution in [3.63, 3.8) is 0 Å². The van der Waals surface area contributed by atoms with Crippen molar-refractivity contribution in [1.29, 1.82) is 0 Å². The van der Waals surface area contributed by atoms with Crippen molar-refractivity contribution in [3.8, 4) is 0 Å². The molecule has 0 atom stereocenters. The van der Waals surface area contributed by atoms with Crippen LogP contribution in [0.25, 0.3) is 0 Å². The number of carbonyl (C=O) groups excluding carboxylic acids is 1. The Morgan fingerprint density at radius 3 is 2.53 bits per heavy atom. The van der Waals surface area contributed by atoms with E-state index in [0.717, 1.165) is 12.1 Å². The van der Waals surface area contributed by atoms with Gasteiger partial charge in [-0.2, -0.15) is 0 Å². The van der Waals surface area contributed by atoms with Gasteiger partial charge in [0.2, 0.25) is 5.91 Å². The average Bonchev–Trinajstić information content (AvgIpc) is 2.34. The second-order valence-electron chi connectivity index (χ2n) is 4.31. The second kappa shape index (κ2) is 5.52. The lowest BCUT2D eigenvalue weighted by atomic mass is 9.91. The van der Waals surface area contributed by atoms with E-state index in [1.165, 1.54) is 13.8 Å². The van der Waals surface area contributed by atoms with E-state index in [1.54, 1.807) is 0 Å². The number of anilines is 1. The number of oxime groups is 1. The first-order valence-electron chi connectivity index (χ1n) is 5.14. The summed E-state index contributed by atoms with van der Waals surface area (Å²) in [6.07, 6.45) is 0. The molecular formula is C11H12BrF2N3O2. The minimum Gasteiger partial charge on any atom is -0.409 e. The van der Waals surface area contributed by atoms with E-state index in [1.807, 2.05) is 0 Å². The predicted octanol–water partition coefficient (Wildman–Crippen LogP) is 2.44. The summed E-state index contributed by atoms with van der Waals surface area (Å²) in [4.78, 5) is 11.9. The maximum absolute atomic E-state index is 13.5. The van der Waals surface area contributed by atoms with Gasteiger partial charge in [-0.05, 0) is 35.8 Å². The predicted molar refractivity (Wildman–Crippen MR) is 69.9 cm³/mol. The number of hydrogen-bond donors (Lipinski definition) is 3. The van der Waals surface area contributed by atoms with Crippen molar-refractivity contribution < 1.29 is 18.8 Å². The van der Waals surface area contributed by atoms with Crippen LogP contribution in [0.2, 0.25) is 0 Å². The molecule has 0 saturated carbocycles. The topological polar surface area (TPSA) is 87.7 Å². The molecule has 0 aromatic heterocycles. The highest BCUT2D eigenvalue weighted by atomic mass is 79.9. The summed E-state index contributed by atoms with van der Waals surface area (Å²) in [5.41, 5.74) is 3.66. The van der Waals surface area contributed by atoms with E-state index in [4.69, 9.17) is 10.9 Å². The fraction of sp³-hybridized carbons (Fsp3) is 0.273. The normalized spacial score (nSPS) is 12.4. The Bertz CT molecular complexity index is 547. The molecule has 0 aliphatic carbocycles. The Morgan fingerprint density at radius 1 is 1.42 bits per heavy atom. The molecule has 1 aromatic carbocycles. The Morgan fingerprint density at radius 2 is 2.00 bits per heavy atom. The zero-order chi connectivity index (χ0) is 14.8. The van der Waals surface area contributed by atoms with E-state index in [-0.39, 0.29) is 16.0 Å². The standard InChI is InChI=1S/C11H12BrF2N3O2/c1-11(2,9(15)17-19)10(18)16-8-4-6(13)5(12)3-7(8)14/h3-4,19H,1-2H3,(H2,15,17)(H,16,18). The van der Waals surface area contributed by atoms with Gasteiger partial charge >= 0.3 is 0 Å². The van der Waals surface area contributed by atoms with Crippen molar-refractivity contribution in [2.75, 3.05) is 5.32 Å². The highest BCUT2D eigenvalue weighted by Crippen LogP contribution is 2.25. The average molecular weight is 336 g/mol. The first kappa shape index (κ1) is 15.4. The second-order valence-corrected chi connectivity index (χ2v) is 5.16. The van der Waals surface area contributed by atoms with E-state index >= 15 is 0 Å². The molecule has 19 heavy (non-hydrogen) atoms. The highest BCUT2D eigenvalue weighted by molar-refractivity contribution is 9.10. The summed E-state index contributed by atoms with van der Waals surface area (Å²) in [5.74, 6) is -2.61. The number of hydrogen-bond acceptors (Lipinski definition) is 3. The molecule has 5 nitrogen and oxygen atoms in total. The third kappa shape index (κ3) is 3.19. The van der Waals surface area contributed by atoms with Gasteiger partial charge in [-0.3, -0.25) is 4.79 Å². The molecule has 8 heteroatoms. The molecular weight excluding hydrogens is 324 g/mol. The number of amides is 1. The number of nitrogens with one attached hydrogen (secondary N) is 1. The van der Waals surface area contributed by atoms with E-state index < -0.39 is 23.0 Å². The van der Waals surface area contributed by atoms with Crippen LogP contribution in [0.5, 0.6) is 0 Å². The van der Waals surface area contributed by atoms with Crippen LogP contribution in [0.1, 0.15) is 13.8 Å². The first-order chi connectivity index (χ1) is 8.70. The fourth-order valence-corrected chi connectivity index (χ4v) is 1.45. The number of halogens is 3. The molecule has 0 saturated heterocycles. The third-order valence-electron chi connectivity index (χ3n) is 2.57. The van der Waals surface area contributed by atoms with Gasteiger partial charge in [0.15, 0.2) is 5.84 Å². The van der Waals surface area contributed by atoms with E-state index in [0.29, 0.717) is 0 Å². The van der Waals surface area contributed by atoms with Crippen molar-refractivity contribution in [3.05, 3.63) is 28.2 Å². The molecule has 1 amide bonds. The van der Waals surface area contributed by atoms with Gasteiger partial charge in [0.25, 0.3) is 0 Å². The van der Waals surface area contributed by atoms with Gasteiger partial charge in [-0.15, -0.1) is 0 Å². The number of rotatable bonds is 3. The van der Waals surface area contributed by atoms with Crippen LogP contribution in [0.4, 0.5) is 14.5 Å². The zero-order valence-corrected chi connectivity index (χ0v) is 11.8. The molecule has 0 aliphatic rings. The molecule has 0 unspecified atom stereocenters. The smallest absolute Gasteiger partial charge is 0.237 e. The third-order valence-corrected chi connectivity index (χ3v) is 3.18. The lowest BCUT2D eigenvalue weighted by Gasteiger charge is -2.22. The number of amidine groups is 1. The summed E-state index contributed by atoms with van der Waals surface area (Å²) in [5, 5.41) is 13.5. The molecule has 0 radical (unpaired) electrons. The number of benzene rings is 1. The number of nitrogens with zero attached hydrogens (tertiary/aromatic N) is 1. The van der Waals surface area contributed by atoms with Crippen molar-refractivity contribution in [2.45, 2.75) is 13.8 Å². The minimum atomic E-state index is -1.37. The Hall–Kier alpha value is -1.70. The van der Waals surface area contributed by atoms with Gasteiger partial charge in [-0.1, -0.05) is 5.16 Å². The fourth-order valence-electron chi connectivity index (χ4n) is 1.14. The summed E-state index contributed by atoms with van der Waals surface area (Å²) in [7, 11) is 0. The molecule has 1 rings (SSSR count). The maximum atomic E-state index is 13.5. The summed E-state index contributed by atoms with van der Waals surface area (Å²) in [6.45, 7) is 2.76. The molecule has 0 fully saturated rings. The lowest BCUT2D eigenvalue weighted by molar-refractivity contribution is -0.121. The largest absolute Gasteiger partial charge is 0.409 e. The molecule has 1 aromatic rings. The van der Waals surface area contributed by atoms with Gasteiger partial charge in [-0.25, -0.2) is 8.78 Å². The monoisotopic (exact) mass is 335 g/mol. The summed E-state index contributed by atoms with van der Waals surface area (Å²) < 4.78 is 26.8. The number of carbonyl (C=O) groups is 1. The highest BCUT2D eigenvalue weighted by Gasteiger charge is 2.33. The quantitative estimate of drug-likeness (QED) is 0.260. The van der Waals surface area contributed by atoms with Crippen molar-refractivity contribution in [2.24, 2.45) is 16.3 Å². The van der Waals surface area contributed by atoms with Crippen molar-refractivity contribution >= 4 is 33.4 Å². The van der Waals surface area contributed by atoms with Crippen LogP contribution in [-0.4, -0.2) is 17.0 Å². The Balaban J connectivity index is 3.04. The summed E-state index contributed by atoms with van der Waals surface area (Å²) in [6, 6.07) is 1.72. The molecule has 0 bridgehead atoms. The zero-order valence-electron chi connectivity index (χ0n) is 10.2. The molecule has 0 heterocycles.